The minimum Gasteiger partial charge on any atom is -0.303 e. The van der Waals surface area contributed by atoms with Gasteiger partial charge in [-0.05, 0) is 51.6 Å². The molecule has 0 aromatic heterocycles. The molecule has 3 rings (SSSR count). The standard InChI is InChI=1S/C9H17N/c1-7-9-5-8(6-9)3-4-10(7)2/h7-9H,3-6H2,1-2H3. The van der Waals surface area contributed by atoms with E-state index < -0.39 is 0 Å². The van der Waals surface area contributed by atoms with Gasteiger partial charge in [0.05, 0.1) is 0 Å². The Balaban J connectivity index is 2.04. The first-order valence-electron chi connectivity index (χ1n) is 4.47. The van der Waals surface area contributed by atoms with Gasteiger partial charge in [-0.2, -0.15) is 0 Å². The minimum absolute atomic E-state index is 0.860. The zero-order valence-electron chi connectivity index (χ0n) is 7.01. The van der Waals surface area contributed by atoms with Crippen LogP contribution in [-0.2, 0) is 0 Å². The van der Waals surface area contributed by atoms with Crippen molar-refractivity contribution in [1.29, 1.82) is 0 Å². The number of fused-ring (bicyclic) bond motifs is 3. The Morgan fingerprint density at radius 2 is 2.00 bits per heavy atom. The smallest absolute Gasteiger partial charge is 0.00923 e. The second-order valence-electron chi connectivity index (χ2n) is 4.11. The summed E-state index contributed by atoms with van der Waals surface area (Å²) in [4.78, 5) is 2.53. The topological polar surface area (TPSA) is 3.24 Å². The molecular formula is C9H17N. The molecule has 0 aromatic rings. The van der Waals surface area contributed by atoms with Crippen LogP contribution in [0.2, 0.25) is 0 Å². The Morgan fingerprint density at radius 3 is 2.70 bits per heavy atom. The van der Waals surface area contributed by atoms with E-state index in [2.05, 4.69) is 18.9 Å². The maximum absolute atomic E-state index is 2.53. The highest BCUT2D eigenvalue weighted by Gasteiger charge is 2.37. The molecule has 0 spiro atoms. The van der Waals surface area contributed by atoms with Crippen molar-refractivity contribution < 1.29 is 0 Å². The molecule has 0 aromatic carbocycles. The number of rotatable bonds is 0. The summed E-state index contributed by atoms with van der Waals surface area (Å²) < 4.78 is 0. The molecule has 2 saturated heterocycles. The van der Waals surface area contributed by atoms with Gasteiger partial charge in [-0.3, -0.25) is 0 Å². The third kappa shape index (κ3) is 0.878. The van der Waals surface area contributed by atoms with Gasteiger partial charge in [0.2, 0.25) is 0 Å². The number of hydrogen-bond donors (Lipinski definition) is 0. The van der Waals surface area contributed by atoms with Gasteiger partial charge >= 0.3 is 0 Å². The molecule has 3 fully saturated rings. The van der Waals surface area contributed by atoms with Crippen molar-refractivity contribution in [3.63, 3.8) is 0 Å². The lowest BCUT2D eigenvalue weighted by atomic mass is 9.72. The predicted molar refractivity (Wildman–Crippen MR) is 42.9 cm³/mol. The van der Waals surface area contributed by atoms with Crippen LogP contribution < -0.4 is 0 Å². The van der Waals surface area contributed by atoms with E-state index in [1.165, 1.54) is 25.8 Å². The van der Waals surface area contributed by atoms with E-state index in [9.17, 15) is 0 Å². The third-order valence-corrected chi connectivity index (χ3v) is 3.54. The first-order valence-corrected chi connectivity index (χ1v) is 4.47. The highest BCUT2D eigenvalue weighted by molar-refractivity contribution is 4.90. The molecule has 1 atom stereocenters. The van der Waals surface area contributed by atoms with Gasteiger partial charge in [-0.25, -0.2) is 0 Å². The molecule has 1 aliphatic carbocycles. The zero-order chi connectivity index (χ0) is 7.14. The van der Waals surface area contributed by atoms with Gasteiger partial charge in [0.1, 0.15) is 0 Å². The van der Waals surface area contributed by atoms with E-state index in [0.717, 1.165) is 17.9 Å². The maximum atomic E-state index is 2.53. The molecule has 1 nitrogen and oxygen atoms in total. The fraction of sp³-hybridized carbons (Fsp3) is 1.00. The van der Waals surface area contributed by atoms with Gasteiger partial charge in [0.25, 0.3) is 0 Å². The van der Waals surface area contributed by atoms with Crippen molar-refractivity contribution in [2.45, 2.75) is 32.2 Å². The SMILES string of the molecule is CC1C2CC(CCN1C)C2. The highest BCUT2D eigenvalue weighted by Crippen LogP contribution is 2.42. The third-order valence-electron chi connectivity index (χ3n) is 3.54. The lowest BCUT2D eigenvalue weighted by molar-refractivity contribution is 0.140. The molecule has 3 aliphatic rings. The number of hydrogen-bond acceptors (Lipinski definition) is 1. The first kappa shape index (κ1) is 6.66. The van der Waals surface area contributed by atoms with Gasteiger partial charge < -0.3 is 4.90 Å². The molecule has 0 radical (unpaired) electrons. The van der Waals surface area contributed by atoms with Gasteiger partial charge in [-0.1, -0.05) is 0 Å². The molecule has 0 N–H and O–H groups in total. The van der Waals surface area contributed by atoms with Crippen LogP contribution >= 0.6 is 0 Å². The van der Waals surface area contributed by atoms with Gasteiger partial charge in [-0.15, -0.1) is 0 Å². The van der Waals surface area contributed by atoms with Crippen LogP contribution in [0.3, 0.4) is 0 Å². The van der Waals surface area contributed by atoms with Crippen LogP contribution in [0.4, 0.5) is 0 Å². The maximum Gasteiger partial charge on any atom is 0.00923 e. The van der Waals surface area contributed by atoms with Crippen LogP contribution in [0.1, 0.15) is 26.2 Å². The molecule has 2 aliphatic heterocycles. The molecule has 10 heavy (non-hydrogen) atoms. The van der Waals surface area contributed by atoms with Crippen LogP contribution in [0.5, 0.6) is 0 Å². The normalized spacial score (nSPS) is 48.0. The highest BCUT2D eigenvalue weighted by atomic mass is 15.1. The summed E-state index contributed by atoms with van der Waals surface area (Å²) in [5, 5.41) is 0. The lowest BCUT2D eigenvalue weighted by Gasteiger charge is -2.37. The number of nitrogens with zero attached hydrogens (tertiary/aromatic N) is 1. The van der Waals surface area contributed by atoms with E-state index in [-0.39, 0.29) is 0 Å². The summed E-state index contributed by atoms with van der Waals surface area (Å²) in [7, 11) is 2.27. The van der Waals surface area contributed by atoms with Gasteiger partial charge in [0, 0.05) is 6.04 Å². The molecule has 0 amide bonds. The quantitative estimate of drug-likeness (QED) is 0.494. The van der Waals surface area contributed by atoms with Crippen LogP contribution in [-0.4, -0.2) is 24.5 Å². The van der Waals surface area contributed by atoms with Gasteiger partial charge in [0.15, 0.2) is 0 Å². The molecule has 1 unspecified atom stereocenters. The predicted octanol–water partition coefficient (Wildman–Crippen LogP) is 1.74. The molecule has 1 heteroatoms. The molecule has 58 valence electrons. The van der Waals surface area contributed by atoms with Crippen molar-refractivity contribution in [3.05, 3.63) is 0 Å². The van der Waals surface area contributed by atoms with E-state index in [1.807, 2.05) is 0 Å². The molecule has 2 bridgehead atoms. The second kappa shape index (κ2) is 2.23. The summed E-state index contributed by atoms with van der Waals surface area (Å²) in [5.74, 6) is 2.13. The average Bonchev–Trinajstić information content (AvgIpc) is 1.98. The molecule has 2 heterocycles. The summed E-state index contributed by atoms with van der Waals surface area (Å²) >= 11 is 0. The monoisotopic (exact) mass is 139 g/mol. The second-order valence-corrected chi connectivity index (χ2v) is 4.11. The van der Waals surface area contributed by atoms with Crippen LogP contribution in [0, 0.1) is 11.8 Å². The minimum atomic E-state index is 0.860. The summed E-state index contributed by atoms with van der Waals surface area (Å²) in [5.41, 5.74) is 0. The van der Waals surface area contributed by atoms with Crippen molar-refractivity contribution in [2.75, 3.05) is 13.6 Å². The van der Waals surface area contributed by atoms with E-state index >= 15 is 0 Å². The Labute approximate surface area is 63.4 Å². The van der Waals surface area contributed by atoms with E-state index in [1.54, 1.807) is 0 Å². The zero-order valence-corrected chi connectivity index (χ0v) is 7.01. The molecular weight excluding hydrogens is 122 g/mol. The summed E-state index contributed by atoms with van der Waals surface area (Å²) in [6.07, 6.45) is 4.49. The van der Waals surface area contributed by atoms with E-state index in [4.69, 9.17) is 0 Å². The van der Waals surface area contributed by atoms with Crippen molar-refractivity contribution >= 4 is 0 Å². The summed E-state index contributed by atoms with van der Waals surface area (Å²) in [6, 6.07) is 0.860. The summed E-state index contributed by atoms with van der Waals surface area (Å²) in [6.45, 7) is 3.72. The average molecular weight is 139 g/mol. The van der Waals surface area contributed by atoms with Crippen molar-refractivity contribution in [1.82, 2.24) is 4.90 Å². The fourth-order valence-electron chi connectivity index (χ4n) is 2.37. The largest absolute Gasteiger partial charge is 0.303 e. The lowest BCUT2D eigenvalue weighted by Crippen LogP contribution is -2.36. The van der Waals surface area contributed by atoms with Crippen molar-refractivity contribution in [2.24, 2.45) is 11.8 Å². The van der Waals surface area contributed by atoms with Crippen molar-refractivity contribution in [3.8, 4) is 0 Å². The van der Waals surface area contributed by atoms with Crippen LogP contribution in [0.15, 0.2) is 0 Å². The van der Waals surface area contributed by atoms with Crippen LogP contribution in [0.25, 0.3) is 0 Å². The first-order chi connectivity index (χ1) is 4.77. The van der Waals surface area contributed by atoms with E-state index in [0.29, 0.717) is 0 Å². The Bertz CT molecular complexity index is 122. The Morgan fingerprint density at radius 1 is 1.30 bits per heavy atom. The molecule has 1 saturated carbocycles. The fourth-order valence-corrected chi connectivity index (χ4v) is 2.37. The Hall–Kier alpha value is -0.0400. The Kier molecular flexibility index (Phi) is 1.48.